The van der Waals surface area contributed by atoms with Gasteiger partial charge in [-0.2, -0.15) is 0 Å². The number of hydrogen-bond donors (Lipinski definition) is 0. The van der Waals surface area contributed by atoms with Crippen LogP contribution >= 0.6 is 34.8 Å². The number of fused-ring (bicyclic) bond motifs is 1. The van der Waals surface area contributed by atoms with Crippen LogP contribution in [0.2, 0.25) is 5.02 Å². The number of alkyl halides is 2. The summed E-state index contributed by atoms with van der Waals surface area (Å²) in [5, 5.41) is 2.37. The molecule has 0 bridgehead atoms. The van der Waals surface area contributed by atoms with Gasteiger partial charge >= 0.3 is 0 Å². The van der Waals surface area contributed by atoms with E-state index in [1.165, 1.54) is 0 Å². The first-order valence-electron chi connectivity index (χ1n) is 8.34. The average Bonchev–Trinajstić information content (AvgIpc) is 2.58. The molecule has 2 aromatic rings. The molecule has 2 nitrogen and oxygen atoms in total. The minimum Gasteiger partial charge on any atom is -0.491 e. The number of rotatable bonds is 10. The predicted octanol–water partition coefficient (Wildman–Crippen LogP) is 6.68. The van der Waals surface area contributed by atoms with Crippen molar-refractivity contribution in [2.45, 2.75) is 38.0 Å². The van der Waals surface area contributed by atoms with Gasteiger partial charge in [-0.15, -0.1) is 23.2 Å². The minimum atomic E-state index is -0.120. The van der Waals surface area contributed by atoms with Crippen molar-refractivity contribution >= 4 is 45.6 Å². The molecular weight excluding hydrogens is 367 g/mol. The first kappa shape index (κ1) is 19.5. The summed E-state index contributed by atoms with van der Waals surface area (Å²) in [6.45, 7) is 3.23. The number of unbranched alkanes of at least 4 members (excludes halogenated alkanes) is 2. The molecule has 0 aromatic heterocycles. The molecule has 0 aliphatic heterocycles. The van der Waals surface area contributed by atoms with Crippen LogP contribution < -0.4 is 9.47 Å². The number of ether oxygens (including phenoxy) is 2. The van der Waals surface area contributed by atoms with E-state index in [1.807, 2.05) is 30.3 Å². The molecule has 0 aliphatic carbocycles. The highest BCUT2D eigenvalue weighted by atomic mass is 35.5. The Labute approximate surface area is 159 Å². The average molecular weight is 390 g/mol. The van der Waals surface area contributed by atoms with Gasteiger partial charge in [0, 0.05) is 22.7 Å². The highest BCUT2D eigenvalue weighted by Crippen LogP contribution is 2.39. The molecule has 0 fully saturated rings. The molecule has 0 saturated heterocycles. The summed E-state index contributed by atoms with van der Waals surface area (Å²) in [5.41, 5.74) is 0. The second-order valence-corrected chi connectivity index (χ2v) is 7.08. The second kappa shape index (κ2) is 10.2. The molecule has 1 unspecified atom stereocenters. The molecule has 1 atom stereocenters. The summed E-state index contributed by atoms with van der Waals surface area (Å²) >= 11 is 18.3. The van der Waals surface area contributed by atoms with E-state index in [0.717, 1.165) is 41.5 Å². The Morgan fingerprint density at radius 2 is 1.83 bits per heavy atom. The Morgan fingerprint density at radius 3 is 2.54 bits per heavy atom. The maximum Gasteiger partial charge on any atom is 0.145 e. The highest BCUT2D eigenvalue weighted by molar-refractivity contribution is 6.33. The Kier molecular flexibility index (Phi) is 8.31. The third-order valence-electron chi connectivity index (χ3n) is 3.75. The van der Waals surface area contributed by atoms with E-state index in [-0.39, 0.29) is 5.38 Å². The molecule has 0 aliphatic rings. The van der Waals surface area contributed by atoms with Crippen LogP contribution in [0.3, 0.4) is 0 Å². The van der Waals surface area contributed by atoms with Crippen LogP contribution in [0, 0.1) is 0 Å². The van der Waals surface area contributed by atoms with E-state index in [9.17, 15) is 0 Å². The van der Waals surface area contributed by atoms with Crippen molar-refractivity contribution in [2.24, 2.45) is 0 Å². The first-order chi connectivity index (χ1) is 11.7. The Hall–Kier alpha value is -0.830. The lowest BCUT2D eigenvalue weighted by molar-refractivity contribution is 0.306. The van der Waals surface area contributed by atoms with Crippen LogP contribution in [0.25, 0.3) is 10.8 Å². The minimum absolute atomic E-state index is 0.120. The lowest BCUT2D eigenvalue weighted by atomic mass is 10.1. The van der Waals surface area contributed by atoms with E-state index in [0.29, 0.717) is 30.5 Å². The van der Waals surface area contributed by atoms with Gasteiger partial charge in [-0.1, -0.05) is 55.6 Å². The van der Waals surface area contributed by atoms with E-state index >= 15 is 0 Å². The lowest BCUT2D eigenvalue weighted by Gasteiger charge is -2.16. The van der Waals surface area contributed by atoms with Crippen molar-refractivity contribution in [3.05, 3.63) is 35.4 Å². The molecule has 5 heteroatoms. The molecule has 0 amide bonds. The Morgan fingerprint density at radius 1 is 1.08 bits per heavy atom. The van der Waals surface area contributed by atoms with Crippen molar-refractivity contribution in [1.29, 1.82) is 0 Å². The van der Waals surface area contributed by atoms with Crippen molar-refractivity contribution in [2.75, 3.05) is 19.1 Å². The van der Waals surface area contributed by atoms with Gasteiger partial charge in [-0.3, -0.25) is 0 Å². The topological polar surface area (TPSA) is 18.5 Å². The first-order valence-corrected chi connectivity index (χ1v) is 9.69. The molecule has 0 saturated carbocycles. The van der Waals surface area contributed by atoms with Crippen LogP contribution in [0.5, 0.6) is 11.5 Å². The molecule has 0 heterocycles. The van der Waals surface area contributed by atoms with E-state index < -0.39 is 0 Å². The smallest absolute Gasteiger partial charge is 0.145 e. The van der Waals surface area contributed by atoms with E-state index in [2.05, 4.69) is 6.92 Å². The SMILES string of the molecule is CCCCCOc1c(Cl)cc(OCC(Cl)CCCl)c2ccccc12. The third-order valence-corrected chi connectivity index (χ3v) is 4.59. The summed E-state index contributed by atoms with van der Waals surface area (Å²) in [6.07, 6.45) is 4.03. The van der Waals surface area contributed by atoms with Crippen LogP contribution in [-0.4, -0.2) is 24.5 Å². The Bertz CT molecular complexity index is 646. The number of benzene rings is 2. The lowest BCUT2D eigenvalue weighted by Crippen LogP contribution is -2.12. The second-order valence-electron chi connectivity index (χ2n) is 5.67. The summed E-state index contributed by atoms with van der Waals surface area (Å²) < 4.78 is 11.8. The van der Waals surface area contributed by atoms with Crippen LogP contribution in [0.15, 0.2) is 30.3 Å². The van der Waals surface area contributed by atoms with Crippen LogP contribution in [0.4, 0.5) is 0 Å². The molecule has 0 N–H and O–H groups in total. The quantitative estimate of drug-likeness (QED) is 0.333. The fourth-order valence-corrected chi connectivity index (χ4v) is 3.26. The normalized spacial score (nSPS) is 12.3. The molecule has 2 aromatic carbocycles. The molecule has 0 spiro atoms. The van der Waals surface area contributed by atoms with Crippen molar-refractivity contribution in [3.63, 3.8) is 0 Å². The number of halogens is 3. The summed E-state index contributed by atoms with van der Waals surface area (Å²) in [7, 11) is 0. The van der Waals surface area contributed by atoms with E-state index in [4.69, 9.17) is 44.3 Å². The van der Waals surface area contributed by atoms with Crippen LogP contribution in [0.1, 0.15) is 32.6 Å². The van der Waals surface area contributed by atoms with Gasteiger partial charge in [0.05, 0.1) is 17.0 Å². The van der Waals surface area contributed by atoms with Crippen molar-refractivity contribution in [1.82, 2.24) is 0 Å². The maximum atomic E-state index is 6.44. The fourth-order valence-electron chi connectivity index (χ4n) is 2.46. The van der Waals surface area contributed by atoms with Crippen LogP contribution in [-0.2, 0) is 0 Å². The molecule has 24 heavy (non-hydrogen) atoms. The number of hydrogen-bond acceptors (Lipinski definition) is 2. The van der Waals surface area contributed by atoms with Gasteiger partial charge in [0.2, 0.25) is 0 Å². The van der Waals surface area contributed by atoms with Gasteiger partial charge in [0.15, 0.2) is 0 Å². The summed E-state index contributed by atoms with van der Waals surface area (Å²) in [4.78, 5) is 0. The molecule has 132 valence electrons. The molecule has 0 radical (unpaired) electrons. The summed E-state index contributed by atoms with van der Waals surface area (Å²) in [5.74, 6) is 1.96. The standard InChI is InChI=1S/C19H23Cl3O2/c1-2-3-6-11-23-19-16-8-5-4-7-15(16)18(12-17(19)22)24-13-14(21)9-10-20/h4-5,7-8,12,14H,2-3,6,9-11,13H2,1H3. The fraction of sp³-hybridized carbons (Fsp3) is 0.474. The van der Waals surface area contributed by atoms with E-state index in [1.54, 1.807) is 0 Å². The van der Waals surface area contributed by atoms with Crippen molar-refractivity contribution < 1.29 is 9.47 Å². The third kappa shape index (κ3) is 5.34. The summed E-state index contributed by atoms with van der Waals surface area (Å²) in [6, 6.07) is 9.76. The van der Waals surface area contributed by atoms with Gasteiger partial charge in [-0.05, 0) is 12.8 Å². The monoisotopic (exact) mass is 388 g/mol. The van der Waals surface area contributed by atoms with Gasteiger partial charge in [0.25, 0.3) is 0 Å². The zero-order chi connectivity index (χ0) is 17.4. The largest absolute Gasteiger partial charge is 0.491 e. The molecular formula is C19H23Cl3O2. The molecule has 2 rings (SSSR count). The maximum absolute atomic E-state index is 6.44. The Balaban J connectivity index is 2.21. The predicted molar refractivity (Wildman–Crippen MR) is 104 cm³/mol. The zero-order valence-electron chi connectivity index (χ0n) is 13.9. The van der Waals surface area contributed by atoms with Gasteiger partial charge < -0.3 is 9.47 Å². The van der Waals surface area contributed by atoms with Gasteiger partial charge in [-0.25, -0.2) is 0 Å². The van der Waals surface area contributed by atoms with Crippen molar-refractivity contribution in [3.8, 4) is 11.5 Å². The zero-order valence-corrected chi connectivity index (χ0v) is 16.1. The highest BCUT2D eigenvalue weighted by Gasteiger charge is 2.14. The van der Waals surface area contributed by atoms with Gasteiger partial charge in [0.1, 0.15) is 18.1 Å².